The van der Waals surface area contributed by atoms with E-state index in [0.29, 0.717) is 68.2 Å². The normalized spacial score (nSPS) is 14.0. The molecule has 13 heteroatoms. The van der Waals surface area contributed by atoms with E-state index in [9.17, 15) is 19.8 Å². The Morgan fingerprint density at radius 1 is 0.736 bits per heavy atom. The van der Waals surface area contributed by atoms with Gasteiger partial charge in [0.15, 0.2) is 0 Å². The van der Waals surface area contributed by atoms with Crippen molar-refractivity contribution in [1.29, 1.82) is 0 Å². The lowest BCUT2D eigenvalue weighted by Gasteiger charge is -2.40. The number of carbonyl (C=O) groups is 2. The van der Waals surface area contributed by atoms with Crippen LogP contribution in [0.2, 0.25) is 20.1 Å². The lowest BCUT2D eigenvalue weighted by Crippen LogP contribution is -2.53. The van der Waals surface area contributed by atoms with Gasteiger partial charge in [0.05, 0.1) is 29.6 Å². The van der Waals surface area contributed by atoms with Crippen LogP contribution >= 0.6 is 62.3 Å². The van der Waals surface area contributed by atoms with E-state index in [-0.39, 0.29) is 38.1 Å². The molecule has 0 aliphatic carbocycles. The zero-order valence-electron chi connectivity index (χ0n) is 28.2. The summed E-state index contributed by atoms with van der Waals surface area (Å²) in [7, 11) is 0. The molecule has 0 radical (unpaired) electrons. The third-order valence-corrected chi connectivity index (χ3v) is 9.88. The molecule has 1 saturated heterocycles. The van der Waals surface area contributed by atoms with Crippen LogP contribution < -0.4 is 14.4 Å². The molecule has 0 aromatic heterocycles. The number of aliphatic carboxylic acids is 1. The molecular weight excluding hydrogens is 826 g/mol. The topological polar surface area (TPSA) is 99.5 Å². The Kier molecular flexibility index (Phi) is 14.7. The minimum absolute atomic E-state index is 0.0531. The number of rotatable bonds is 12. The largest absolute Gasteiger partial charge is 0.488 e. The van der Waals surface area contributed by atoms with Gasteiger partial charge in [0, 0.05) is 50.3 Å². The minimum atomic E-state index is -0.906. The van der Waals surface area contributed by atoms with Gasteiger partial charge in [0.2, 0.25) is 0 Å². The Bertz CT molecular complexity index is 2010. The standard InChI is InChI=1S/C26H23BrCl2N2O4.C14H12Cl2O2/c27-19-6-8-21(9-7-19)31-14-18(10-25(32)33)13-30(26(31)34)15-22-23(29)11-20(28)12-24(22)35-16-17-4-2-1-3-5-17;15-11-6-13(16)12(8-17)14(7-11)18-9-10-4-2-1-3-5-10/h1-9,11-12,18H,10,13-16H2,(H,32,33);1-7,17H,8-9H2. The maximum absolute atomic E-state index is 13.5. The van der Waals surface area contributed by atoms with Crippen LogP contribution in [0.15, 0.2) is 114 Å². The smallest absolute Gasteiger partial charge is 0.324 e. The summed E-state index contributed by atoms with van der Waals surface area (Å²) in [4.78, 5) is 28.2. The van der Waals surface area contributed by atoms with E-state index in [1.54, 1.807) is 34.1 Å². The van der Waals surface area contributed by atoms with Crippen molar-refractivity contribution >= 4 is 80.0 Å². The fourth-order valence-electron chi connectivity index (χ4n) is 5.69. The molecule has 1 heterocycles. The fraction of sp³-hybridized carbons (Fsp3) is 0.200. The molecule has 0 saturated carbocycles. The number of carboxylic acids is 1. The first kappa shape index (κ1) is 40.2. The average Bonchev–Trinajstić information content (AvgIpc) is 3.13. The highest BCUT2D eigenvalue weighted by molar-refractivity contribution is 9.10. The molecule has 276 valence electrons. The van der Waals surface area contributed by atoms with Gasteiger partial charge in [-0.05, 0) is 59.7 Å². The minimum Gasteiger partial charge on any atom is -0.488 e. The Labute approximate surface area is 336 Å². The van der Waals surface area contributed by atoms with Gasteiger partial charge in [-0.15, -0.1) is 0 Å². The molecule has 5 aromatic rings. The van der Waals surface area contributed by atoms with E-state index in [1.165, 1.54) is 0 Å². The van der Waals surface area contributed by atoms with Gasteiger partial charge in [-0.2, -0.15) is 0 Å². The van der Waals surface area contributed by atoms with Crippen molar-refractivity contribution in [2.75, 3.05) is 18.0 Å². The second kappa shape index (κ2) is 19.4. The van der Waals surface area contributed by atoms with E-state index < -0.39 is 5.97 Å². The summed E-state index contributed by atoms with van der Waals surface area (Å²) in [6.45, 7) is 1.29. The number of hydrogen-bond donors (Lipinski definition) is 2. The fourth-order valence-corrected chi connectivity index (χ4v) is 7.02. The number of aliphatic hydroxyl groups is 1. The third kappa shape index (κ3) is 11.5. The van der Waals surface area contributed by atoms with Gasteiger partial charge in [0.1, 0.15) is 24.7 Å². The highest BCUT2D eigenvalue weighted by atomic mass is 79.9. The molecule has 5 aromatic carbocycles. The summed E-state index contributed by atoms with van der Waals surface area (Å²) in [5.74, 6) is -0.168. The number of amides is 2. The van der Waals surface area contributed by atoms with Gasteiger partial charge >= 0.3 is 12.0 Å². The van der Waals surface area contributed by atoms with Crippen LogP contribution in [0.1, 0.15) is 28.7 Å². The Morgan fingerprint density at radius 3 is 1.75 bits per heavy atom. The third-order valence-electron chi connectivity index (χ3n) is 8.24. The predicted octanol–water partition coefficient (Wildman–Crippen LogP) is 10.9. The van der Waals surface area contributed by atoms with Crippen LogP contribution in [0, 0.1) is 5.92 Å². The maximum Gasteiger partial charge on any atom is 0.324 e. The highest BCUT2D eigenvalue weighted by Crippen LogP contribution is 2.35. The molecule has 1 fully saturated rings. The quantitative estimate of drug-likeness (QED) is 0.130. The zero-order valence-corrected chi connectivity index (χ0v) is 32.8. The maximum atomic E-state index is 13.5. The number of ether oxygens (including phenoxy) is 2. The van der Waals surface area contributed by atoms with Gasteiger partial charge in [-0.25, -0.2) is 4.79 Å². The summed E-state index contributed by atoms with van der Waals surface area (Å²) in [6.07, 6.45) is -0.0531. The second-order valence-electron chi connectivity index (χ2n) is 12.1. The number of halogens is 5. The van der Waals surface area contributed by atoms with Crippen LogP contribution in [0.3, 0.4) is 0 Å². The number of hydrogen-bond acceptors (Lipinski definition) is 5. The van der Waals surface area contributed by atoms with Crippen molar-refractivity contribution in [3.05, 3.63) is 156 Å². The number of carboxylic acid groups (broad SMARTS) is 1. The first-order chi connectivity index (χ1) is 25.5. The number of benzene rings is 5. The number of anilines is 1. The van der Waals surface area contributed by atoms with Gasteiger partial charge in [0.25, 0.3) is 0 Å². The molecule has 1 atom stereocenters. The van der Waals surface area contributed by atoms with Crippen molar-refractivity contribution < 1.29 is 29.3 Å². The van der Waals surface area contributed by atoms with Crippen molar-refractivity contribution in [3.8, 4) is 11.5 Å². The van der Waals surface area contributed by atoms with Gasteiger partial charge in [-0.3, -0.25) is 9.69 Å². The van der Waals surface area contributed by atoms with Crippen molar-refractivity contribution in [3.63, 3.8) is 0 Å². The van der Waals surface area contributed by atoms with Crippen LogP contribution in [0.25, 0.3) is 0 Å². The van der Waals surface area contributed by atoms with E-state index >= 15 is 0 Å². The summed E-state index contributed by atoms with van der Waals surface area (Å²) >= 11 is 28.1. The Hall–Kier alpha value is -3.96. The molecule has 6 rings (SSSR count). The lowest BCUT2D eigenvalue weighted by atomic mass is 10.0. The summed E-state index contributed by atoms with van der Waals surface area (Å²) < 4.78 is 12.6. The molecule has 1 aliphatic rings. The van der Waals surface area contributed by atoms with E-state index in [4.69, 9.17) is 55.9 Å². The molecule has 1 unspecified atom stereocenters. The Balaban J connectivity index is 0.000000252. The van der Waals surface area contributed by atoms with Crippen molar-refractivity contribution in [1.82, 2.24) is 4.90 Å². The monoisotopic (exact) mass is 858 g/mol. The van der Waals surface area contributed by atoms with Gasteiger partial charge < -0.3 is 24.6 Å². The molecule has 1 aliphatic heterocycles. The summed E-state index contributed by atoms with van der Waals surface area (Å²) in [6, 6.07) is 33.1. The van der Waals surface area contributed by atoms with E-state index in [0.717, 1.165) is 15.6 Å². The van der Waals surface area contributed by atoms with E-state index in [1.807, 2.05) is 84.9 Å². The number of carbonyl (C=O) groups excluding carboxylic acids is 1. The number of urea groups is 1. The number of aliphatic hydroxyl groups excluding tert-OH is 1. The highest BCUT2D eigenvalue weighted by Gasteiger charge is 2.34. The van der Waals surface area contributed by atoms with Crippen LogP contribution in [0.4, 0.5) is 10.5 Å². The van der Waals surface area contributed by atoms with Gasteiger partial charge in [-0.1, -0.05) is 123 Å². The molecule has 2 N–H and O–H groups in total. The first-order valence-corrected chi connectivity index (χ1v) is 18.7. The molecule has 8 nitrogen and oxygen atoms in total. The second-order valence-corrected chi connectivity index (χ2v) is 14.8. The molecule has 53 heavy (non-hydrogen) atoms. The SMILES string of the molecule is O=C(O)CC1CN(Cc2c(Cl)cc(Cl)cc2OCc2ccccc2)C(=O)N(c2ccc(Br)cc2)C1.OCc1c(Cl)cc(Cl)cc1OCc1ccccc1. The average molecular weight is 861 g/mol. The lowest BCUT2D eigenvalue weighted by molar-refractivity contribution is -0.138. The first-order valence-electron chi connectivity index (χ1n) is 16.4. The molecular formula is C40H35BrCl4N2O6. The van der Waals surface area contributed by atoms with Crippen molar-refractivity contribution in [2.45, 2.75) is 32.8 Å². The Morgan fingerprint density at radius 2 is 1.25 bits per heavy atom. The van der Waals surface area contributed by atoms with E-state index in [2.05, 4.69) is 15.9 Å². The van der Waals surface area contributed by atoms with Crippen LogP contribution in [-0.4, -0.2) is 40.2 Å². The molecule has 0 spiro atoms. The number of nitrogens with zero attached hydrogens (tertiary/aromatic N) is 2. The molecule has 2 amide bonds. The predicted molar refractivity (Wildman–Crippen MR) is 213 cm³/mol. The van der Waals surface area contributed by atoms with Crippen LogP contribution in [0.5, 0.6) is 11.5 Å². The summed E-state index contributed by atoms with van der Waals surface area (Å²) in [5, 5.41) is 20.4. The zero-order chi connectivity index (χ0) is 37.9. The molecule has 0 bridgehead atoms. The summed E-state index contributed by atoms with van der Waals surface area (Å²) in [5.41, 5.74) is 3.88. The van der Waals surface area contributed by atoms with Crippen molar-refractivity contribution in [2.24, 2.45) is 5.92 Å². The van der Waals surface area contributed by atoms with Crippen LogP contribution in [-0.2, 0) is 31.2 Å².